The van der Waals surface area contributed by atoms with Gasteiger partial charge in [0.1, 0.15) is 18.0 Å². The van der Waals surface area contributed by atoms with E-state index < -0.39 is 35.5 Å². The van der Waals surface area contributed by atoms with Gasteiger partial charge in [-0.1, -0.05) is 23.7 Å². The summed E-state index contributed by atoms with van der Waals surface area (Å²) in [5.41, 5.74) is 1.22. The highest BCUT2D eigenvalue weighted by molar-refractivity contribution is 8.18. The van der Waals surface area contributed by atoms with Gasteiger partial charge in [-0.25, -0.2) is 9.59 Å². The smallest absolute Gasteiger partial charge is 0.343 e. The second-order valence-corrected chi connectivity index (χ2v) is 9.59. The molecule has 0 bridgehead atoms. The molecule has 1 aliphatic heterocycles. The van der Waals surface area contributed by atoms with E-state index in [9.17, 15) is 24.0 Å². The lowest BCUT2D eigenvalue weighted by Crippen LogP contribution is -2.36. The molecule has 204 valence electrons. The Morgan fingerprint density at radius 2 is 1.60 bits per heavy atom. The molecule has 0 atom stereocenters. The number of carbonyl (C=O) groups excluding carboxylic acids is 5. The number of amides is 3. The molecule has 40 heavy (non-hydrogen) atoms. The zero-order valence-corrected chi connectivity index (χ0v) is 22.7. The van der Waals surface area contributed by atoms with E-state index in [1.807, 2.05) is 0 Å². The van der Waals surface area contributed by atoms with E-state index in [1.54, 1.807) is 48.5 Å². The van der Waals surface area contributed by atoms with Crippen molar-refractivity contribution in [2.45, 2.75) is 0 Å². The molecule has 0 aliphatic carbocycles. The van der Waals surface area contributed by atoms with E-state index in [-0.39, 0.29) is 21.2 Å². The monoisotopic (exact) mass is 580 g/mol. The summed E-state index contributed by atoms with van der Waals surface area (Å²) in [6.07, 6.45) is 1.50. The van der Waals surface area contributed by atoms with Gasteiger partial charge in [-0.3, -0.25) is 19.3 Å². The van der Waals surface area contributed by atoms with Crippen molar-refractivity contribution in [3.63, 3.8) is 0 Å². The number of carbonyl (C=O) groups is 5. The van der Waals surface area contributed by atoms with Crippen molar-refractivity contribution >= 4 is 64.1 Å². The molecule has 0 radical (unpaired) electrons. The van der Waals surface area contributed by atoms with Crippen molar-refractivity contribution in [3.8, 4) is 11.5 Å². The molecule has 3 aromatic carbocycles. The van der Waals surface area contributed by atoms with Crippen LogP contribution in [0, 0.1) is 0 Å². The summed E-state index contributed by atoms with van der Waals surface area (Å²) >= 11 is 6.68. The van der Waals surface area contributed by atoms with Crippen molar-refractivity contribution in [1.29, 1.82) is 0 Å². The minimum absolute atomic E-state index is 0.0533. The molecule has 0 saturated carbocycles. The molecule has 0 aromatic heterocycles. The first-order valence-corrected chi connectivity index (χ1v) is 12.8. The number of nitrogens with one attached hydrogen (secondary N) is 1. The molecule has 0 spiro atoms. The van der Waals surface area contributed by atoms with Crippen LogP contribution in [0.1, 0.15) is 26.3 Å². The number of thioether (sulfide) groups is 1. The first kappa shape index (κ1) is 28.4. The average molecular weight is 581 g/mol. The molecule has 1 fully saturated rings. The van der Waals surface area contributed by atoms with Crippen molar-refractivity contribution in [3.05, 3.63) is 93.3 Å². The standard InChI is InChI=1S/C28H21ClN2O8S/c1-37-19-10-5-17(6-11-19)26(34)39-20-8-3-16(4-9-20)13-23-25(33)31(28(36)40-23)15-24(32)30-18-7-12-22(29)21(14-18)27(35)38-2/h3-14H,15H2,1-2H3,(H,30,32)/b23-13+. The first-order valence-electron chi connectivity index (χ1n) is 11.6. The van der Waals surface area contributed by atoms with Gasteiger partial charge < -0.3 is 19.5 Å². The molecule has 12 heteroatoms. The summed E-state index contributed by atoms with van der Waals surface area (Å²) in [6.45, 7) is -0.529. The van der Waals surface area contributed by atoms with Crippen LogP contribution in [0.3, 0.4) is 0 Å². The highest BCUT2D eigenvalue weighted by atomic mass is 35.5. The fourth-order valence-corrected chi connectivity index (χ4v) is 4.56. The molecule has 3 amide bonds. The summed E-state index contributed by atoms with van der Waals surface area (Å²) in [5, 5.41) is 2.07. The van der Waals surface area contributed by atoms with Crippen LogP contribution in [0.4, 0.5) is 10.5 Å². The van der Waals surface area contributed by atoms with Gasteiger partial charge in [-0.15, -0.1) is 0 Å². The predicted molar refractivity (Wildman–Crippen MR) is 148 cm³/mol. The van der Waals surface area contributed by atoms with Crippen LogP contribution in [0.5, 0.6) is 11.5 Å². The summed E-state index contributed by atoms with van der Waals surface area (Å²) in [4.78, 5) is 62.9. The van der Waals surface area contributed by atoms with Crippen molar-refractivity contribution in [2.75, 3.05) is 26.1 Å². The van der Waals surface area contributed by atoms with Crippen molar-refractivity contribution in [2.24, 2.45) is 0 Å². The number of rotatable bonds is 8. The highest BCUT2D eigenvalue weighted by Crippen LogP contribution is 2.32. The summed E-state index contributed by atoms with van der Waals surface area (Å²) in [6, 6.07) is 17.0. The van der Waals surface area contributed by atoms with Crippen molar-refractivity contribution < 1.29 is 38.2 Å². The van der Waals surface area contributed by atoms with Crippen LogP contribution >= 0.6 is 23.4 Å². The van der Waals surface area contributed by atoms with Crippen LogP contribution in [0.15, 0.2) is 71.6 Å². The number of hydrogen-bond donors (Lipinski definition) is 1. The van der Waals surface area contributed by atoms with Gasteiger partial charge in [0.15, 0.2) is 0 Å². The van der Waals surface area contributed by atoms with Gasteiger partial charge in [0.25, 0.3) is 11.1 Å². The number of methoxy groups -OCH3 is 2. The lowest BCUT2D eigenvalue weighted by Gasteiger charge is -2.13. The van der Waals surface area contributed by atoms with E-state index in [1.165, 1.54) is 38.5 Å². The molecule has 4 rings (SSSR count). The Hall–Kier alpha value is -4.61. The molecule has 1 heterocycles. The zero-order chi connectivity index (χ0) is 28.8. The number of hydrogen-bond acceptors (Lipinski definition) is 9. The van der Waals surface area contributed by atoms with E-state index in [0.717, 1.165) is 4.90 Å². The number of halogens is 1. The Balaban J connectivity index is 1.37. The molecule has 3 aromatic rings. The van der Waals surface area contributed by atoms with E-state index in [2.05, 4.69) is 10.1 Å². The minimum atomic E-state index is -0.680. The largest absolute Gasteiger partial charge is 0.497 e. The van der Waals surface area contributed by atoms with Crippen molar-refractivity contribution in [1.82, 2.24) is 4.90 Å². The maximum atomic E-state index is 12.8. The third kappa shape index (κ3) is 6.68. The van der Waals surface area contributed by atoms with Gasteiger partial charge >= 0.3 is 11.9 Å². The number of ether oxygens (including phenoxy) is 3. The Kier molecular flexibility index (Phi) is 8.87. The van der Waals surface area contributed by atoms with Crippen LogP contribution in [-0.2, 0) is 14.3 Å². The van der Waals surface area contributed by atoms with Crippen LogP contribution < -0.4 is 14.8 Å². The third-order valence-electron chi connectivity index (χ3n) is 5.54. The number of esters is 2. The van der Waals surface area contributed by atoms with Crippen LogP contribution in [0.2, 0.25) is 5.02 Å². The number of benzene rings is 3. The van der Waals surface area contributed by atoms with Gasteiger partial charge in [0, 0.05) is 5.69 Å². The highest BCUT2D eigenvalue weighted by Gasteiger charge is 2.36. The Morgan fingerprint density at radius 3 is 2.25 bits per heavy atom. The van der Waals surface area contributed by atoms with E-state index >= 15 is 0 Å². The molecular formula is C28H21ClN2O8S. The SMILES string of the molecule is COC(=O)c1cc(NC(=O)CN2C(=O)S/C(=C/c3ccc(OC(=O)c4ccc(OC)cc4)cc3)C2=O)ccc1Cl. The third-order valence-corrected chi connectivity index (χ3v) is 6.78. The van der Waals surface area contributed by atoms with Gasteiger partial charge in [0.05, 0.1) is 35.3 Å². The molecule has 1 N–H and O–H groups in total. The van der Waals surface area contributed by atoms with E-state index in [0.29, 0.717) is 34.4 Å². The van der Waals surface area contributed by atoms with Crippen LogP contribution in [0.25, 0.3) is 6.08 Å². The fraction of sp³-hybridized carbons (Fsp3) is 0.107. The summed E-state index contributed by atoms with van der Waals surface area (Å²) in [7, 11) is 2.73. The lowest BCUT2D eigenvalue weighted by molar-refractivity contribution is -0.127. The number of anilines is 1. The maximum Gasteiger partial charge on any atom is 0.343 e. The summed E-state index contributed by atoms with van der Waals surface area (Å²) < 4.78 is 15.1. The molecular weight excluding hydrogens is 560 g/mol. The zero-order valence-electron chi connectivity index (χ0n) is 21.1. The van der Waals surface area contributed by atoms with Gasteiger partial charge in [-0.05, 0) is 78.0 Å². The van der Waals surface area contributed by atoms with Gasteiger partial charge in [0.2, 0.25) is 5.91 Å². The Bertz CT molecular complexity index is 1520. The normalized spacial score (nSPS) is 13.8. The molecule has 0 unspecified atom stereocenters. The fourth-order valence-electron chi connectivity index (χ4n) is 3.53. The predicted octanol–water partition coefficient (Wildman–Crippen LogP) is 5.03. The average Bonchev–Trinajstić information content (AvgIpc) is 3.21. The Morgan fingerprint density at radius 1 is 0.925 bits per heavy atom. The second-order valence-electron chi connectivity index (χ2n) is 8.19. The van der Waals surface area contributed by atoms with Gasteiger partial charge in [-0.2, -0.15) is 0 Å². The molecule has 10 nitrogen and oxygen atoms in total. The number of nitrogens with zero attached hydrogens (tertiary/aromatic N) is 1. The van der Waals surface area contributed by atoms with E-state index in [4.69, 9.17) is 21.1 Å². The maximum absolute atomic E-state index is 12.8. The quantitative estimate of drug-likeness (QED) is 0.221. The number of imide groups is 1. The molecule has 1 aliphatic rings. The minimum Gasteiger partial charge on any atom is -0.497 e. The topological polar surface area (TPSA) is 128 Å². The lowest BCUT2D eigenvalue weighted by atomic mass is 10.2. The summed E-state index contributed by atoms with van der Waals surface area (Å²) in [5.74, 6) is -1.60. The molecule has 1 saturated heterocycles. The second kappa shape index (κ2) is 12.5. The van der Waals surface area contributed by atoms with Crippen LogP contribution in [-0.4, -0.2) is 54.7 Å². The first-order chi connectivity index (χ1) is 19.2. The Labute approximate surface area is 237 Å².